The van der Waals surface area contributed by atoms with E-state index < -0.39 is 0 Å². The van der Waals surface area contributed by atoms with Crippen LogP contribution in [0.3, 0.4) is 0 Å². The lowest BCUT2D eigenvalue weighted by Gasteiger charge is -2.12. The number of rotatable bonds is 4. The highest BCUT2D eigenvalue weighted by Gasteiger charge is 2.08. The molecule has 1 heterocycles. The molecule has 0 aliphatic heterocycles. The Labute approximate surface area is 130 Å². The van der Waals surface area contributed by atoms with E-state index >= 15 is 0 Å². The van der Waals surface area contributed by atoms with Crippen LogP contribution < -0.4 is 5.32 Å². The number of halogens is 2. The molecular formula is C14H17Br2N3. The number of nitrogens with zero attached hydrogens (tertiary/aromatic N) is 2. The molecule has 0 aliphatic carbocycles. The molecule has 0 amide bonds. The minimum Gasteiger partial charge on any atom is -0.378 e. The van der Waals surface area contributed by atoms with Crippen LogP contribution in [-0.4, -0.2) is 9.78 Å². The normalized spacial score (nSPS) is 10.8. The van der Waals surface area contributed by atoms with E-state index in [0.29, 0.717) is 0 Å². The van der Waals surface area contributed by atoms with Crippen molar-refractivity contribution in [3.8, 4) is 0 Å². The van der Waals surface area contributed by atoms with E-state index in [9.17, 15) is 0 Å². The van der Waals surface area contributed by atoms with Gasteiger partial charge in [0.1, 0.15) is 0 Å². The van der Waals surface area contributed by atoms with Crippen LogP contribution in [0.4, 0.5) is 5.69 Å². The number of aryl methyl sites for hydroxylation is 3. The monoisotopic (exact) mass is 385 g/mol. The van der Waals surface area contributed by atoms with Gasteiger partial charge in [-0.25, -0.2) is 0 Å². The molecule has 0 unspecified atom stereocenters. The van der Waals surface area contributed by atoms with Gasteiger partial charge in [0.2, 0.25) is 0 Å². The Balaban J connectivity index is 2.16. The van der Waals surface area contributed by atoms with Crippen molar-refractivity contribution in [2.24, 2.45) is 7.05 Å². The predicted octanol–water partition coefficient (Wildman–Crippen LogP) is 4.43. The second kappa shape index (κ2) is 6.09. The molecule has 1 aromatic heterocycles. The minimum atomic E-state index is 0.754. The molecule has 0 atom stereocenters. The first-order valence-electron chi connectivity index (χ1n) is 6.22. The third kappa shape index (κ3) is 3.39. The number of nitrogens with one attached hydrogen (secondary N) is 1. The molecule has 19 heavy (non-hydrogen) atoms. The van der Waals surface area contributed by atoms with Crippen molar-refractivity contribution >= 4 is 37.5 Å². The zero-order valence-electron chi connectivity index (χ0n) is 11.3. The van der Waals surface area contributed by atoms with E-state index in [1.165, 1.54) is 11.3 Å². The molecule has 1 aromatic carbocycles. The van der Waals surface area contributed by atoms with Crippen molar-refractivity contribution in [2.75, 3.05) is 5.32 Å². The third-order valence-electron chi connectivity index (χ3n) is 3.02. The van der Waals surface area contributed by atoms with E-state index in [-0.39, 0.29) is 0 Å². The summed E-state index contributed by atoms with van der Waals surface area (Å²) in [6, 6.07) is 6.35. The van der Waals surface area contributed by atoms with Crippen LogP contribution in [0.25, 0.3) is 0 Å². The average Bonchev–Trinajstić information content (AvgIpc) is 2.69. The van der Waals surface area contributed by atoms with Gasteiger partial charge in [0.15, 0.2) is 0 Å². The SMILES string of the molecule is CCc1cc(CNc2c(Br)cc(C)cc2Br)n(C)n1. The quantitative estimate of drug-likeness (QED) is 0.842. The standard InChI is InChI=1S/C14H17Br2N3/c1-4-10-7-11(19(3)18-10)8-17-14-12(15)5-9(2)6-13(14)16/h5-7,17H,4,8H2,1-3H3. The average molecular weight is 387 g/mol. The van der Waals surface area contributed by atoms with Crippen LogP contribution in [0.1, 0.15) is 23.9 Å². The van der Waals surface area contributed by atoms with Crippen molar-refractivity contribution in [1.29, 1.82) is 0 Å². The van der Waals surface area contributed by atoms with Gasteiger partial charge < -0.3 is 5.32 Å². The Kier molecular flexibility index (Phi) is 4.68. The molecule has 0 saturated carbocycles. The Bertz CT molecular complexity index is 567. The molecule has 5 heteroatoms. The van der Waals surface area contributed by atoms with Crippen LogP contribution in [0.2, 0.25) is 0 Å². The lowest BCUT2D eigenvalue weighted by atomic mass is 10.2. The summed E-state index contributed by atoms with van der Waals surface area (Å²) in [5, 5.41) is 7.90. The smallest absolute Gasteiger partial charge is 0.0632 e. The van der Waals surface area contributed by atoms with E-state index in [1.54, 1.807) is 0 Å². The summed E-state index contributed by atoms with van der Waals surface area (Å²) >= 11 is 7.19. The molecule has 0 spiro atoms. The van der Waals surface area contributed by atoms with Gasteiger partial charge >= 0.3 is 0 Å². The van der Waals surface area contributed by atoms with Gasteiger partial charge in [0.05, 0.1) is 23.6 Å². The van der Waals surface area contributed by atoms with Crippen LogP contribution in [0.15, 0.2) is 27.1 Å². The zero-order valence-corrected chi connectivity index (χ0v) is 14.5. The van der Waals surface area contributed by atoms with Crippen molar-refractivity contribution in [3.63, 3.8) is 0 Å². The Morgan fingerprint density at radius 3 is 2.37 bits per heavy atom. The van der Waals surface area contributed by atoms with Crippen molar-refractivity contribution < 1.29 is 0 Å². The lowest BCUT2D eigenvalue weighted by molar-refractivity contribution is 0.707. The summed E-state index contributed by atoms with van der Waals surface area (Å²) in [5.74, 6) is 0. The van der Waals surface area contributed by atoms with Gasteiger partial charge in [-0.2, -0.15) is 5.10 Å². The highest BCUT2D eigenvalue weighted by Crippen LogP contribution is 2.32. The Morgan fingerprint density at radius 1 is 1.21 bits per heavy atom. The fraction of sp³-hybridized carbons (Fsp3) is 0.357. The maximum Gasteiger partial charge on any atom is 0.0632 e. The van der Waals surface area contributed by atoms with Crippen LogP contribution >= 0.6 is 31.9 Å². The molecule has 3 nitrogen and oxygen atoms in total. The van der Waals surface area contributed by atoms with Crippen LogP contribution in [-0.2, 0) is 20.0 Å². The second-order valence-corrected chi connectivity index (χ2v) is 6.27. The topological polar surface area (TPSA) is 29.9 Å². The van der Waals surface area contributed by atoms with Crippen molar-refractivity contribution in [1.82, 2.24) is 9.78 Å². The largest absolute Gasteiger partial charge is 0.378 e. The van der Waals surface area contributed by atoms with Crippen molar-refractivity contribution in [2.45, 2.75) is 26.8 Å². The molecule has 0 radical (unpaired) electrons. The summed E-state index contributed by atoms with van der Waals surface area (Å²) in [6.07, 6.45) is 0.964. The van der Waals surface area contributed by atoms with Crippen LogP contribution in [0, 0.1) is 6.92 Å². The first-order chi connectivity index (χ1) is 9.01. The van der Waals surface area contributed by atoms with E-state index in [0.717, 1.165) is 33.3 Å². The van der Waals surface area contributed by atoms with Gasteiger partial charge in [-0.05, 0) is 69.0 Å². The first kappa shape index (κ1) is 14.6. The predicted molar refractivity (Wildman–Crippen MR) is 86.5 cm³/mol. The molecular weight excluding hydrogens is 370 g/mol. The summed E-state index contributed by atoms with van der Waals surface area (Å²) < 4.78 is 4.07. The summed E-state index contributed by atoms with van der Waals surface area (Å²) in [6.45, 7) is 4.95. The highest BCUT2D eigenvalue weighted by molar-refractivity contribution is 9.11. The Morgan fingerprint density at radius 2 is 1.84 bits per heavy atom. The molecule has 2 aromatic rings. The fourth-order valence-electron chi connectivity index (χ4n) is 1.96. The number of anilines is 1. The van der Waals surface area contributed by atoms with Gasteiger partial charge in [0, 0.05) is 16.0 Å². The van der Waals surface area contributed by atoms with Gasteiger partial charge in [-0.1, -0.05) is 6.92 Å². The highest BCUT2D eigenvalue weighted by atomic mass is 79.9. The molecule has 0 bridgehead atoms. The fourth-order valence-corrected chi connectivity index (χ4v) is 3.65. The minimum absolute atomic E-state index is 0.754. The van der Waals surface area contributed by atoms with E-state index in [1.807, 2.05) is 11.7 Å². The van der Waals surface area contributed by atoms with E-state index in [4.69, 9.17) is 0 Å². The number of hydrogen-bond acceptors (Lipinski definition) is 2. The lowest BCUT2D eigenvalue weighted by Crippen LogP contribution is -2.06. The second-order valence-electron chi connectivity index (χ2n) is 4.56. The molecule has 0 aliphatic rings. The maximum absolute atomic E-state index is 4.45. The Hall–Kier alpha value is -0.810. The molecule has 2 rings (SSSR count). The van der Waals surface area contributed by atoms with Gasteiger partial charge in [-0.15, -0.1) is 0 Å². The van der Waals surface area contributed by atoms with E-state index in [2.05, 4.69) is 74.3 Å². The van der Waals surface area contributed by atoms with Crippen molar-refractivity contribution in [3.05, 3.63) is 44.1 Å². The van der Waals surface area contributed by atoms with Gasteiger partial charge in [-0.3, -0.25) is 4.68 Å². The molecule has 0 saturated heterocycles. The molecule has 102 valence electrons. The maximum atomic E-state index is 4.45. The molecule has 0 fully saturated rings. The summed E-state index contributed by atoms with van der Waals surface area (Å²) in [5.41, 5.74) is 4.60. The summed E-state index contributed by atoms with van der Waals surface area (Å²) in [7, 11) is 1.98. The number of benzene rings is 1. The summed E-state index contributed by atoms with van der Waals surface area (Å²) in [4.78, 5) is 0. The third-order valence-corrected chi connectivity index (χ3v) is 4.27. The zero-order chi connectivity index (χ0) is 14.0. The first-order valence-corrected chi connectivity index (χ1v) is 7.81. The van der Waals surface area contributed by atoms with Gasteiger partial charge in [0.25, 0.3) is 0 Å². The number of aromatic nitrogens is 2. The number of hydrogen-bond donors (Lipinski definition) is 1. The molecule has 1 N–H and O–H groups in total. The van der Waals surface area contributed by atoms with Crippen LogP contribution in [0.5, 0.6) is 0 Å².